The zero-order chi connectivity index (χ0) is 16.3. The van der Waals surface area contributed by atoms with Crippen LogP contribution in [0.3, 0.4) is 0 Å². The molecule has 0 saturated carbocycles. The van der Waals surface area contributed by atoms with Crippen LogP contribution in [-0.2, 0) is 0 Å². The lowest BCUT2D eigenvalue weighted by atomic mass is 10.00. The molecule has 0 bridgehead atoms. The van der Waals surface area contributed by atoms with Gasteiger partial charge in [-0.05, 0) is 31.4 Å². The predicted octanol–water partition coefficient (Wildman–Crippen LogP) is 3.26. The Kier molecular flexibility index (Phi) is 4.83. The molecular formula is C15H18F3NO3. The van der Waals surface area contributed by atoms with E-state index in [0.29, 0.717) is 18.6 Å². The van der Waals surface area contributed by atoms with E-state index in [0.717, 1.165) is 4.90 Å². The third-order valence-electron chi connectivity index (χ3n) is 3.77. The molecule has 0 spiro atoms. The summed E-state index contributed by atoms with van der Waals surface area (Å²) in [5, 5.41) is 0. The first-order chi connectivity index (χ1) is 10.4. The van der Waals surface area contributed by atoms with E-state index in [-0.39, 0.29) is 24.3 Å². The van der Waals surface area contributed by atoms with Crippen molar-refractivity contribution < 1.29 is 27.4 Å². The summed E-state index contributed by atoms with van der Waals surface area (Å²) >= 11 is 0. The maximum absolute atomic E-state index is 13.1. The van der Waals surface area contributed by atoms with Gasteiger partial charge in [-0.1, -0.05) is 6.07 Å². The van der Waals surface area contributed by atoms with Crippen molar-refractivity contribution in [3.8, 4) is 11.5 Å². The fourth-order valence-electron chi connectivity index (χ4n) is 2.73. The molecule has 7 heteroatoms. The summed E-state index contributed by atoms with van der Waals surface area (Å²) in [4.78, 5) is 13.5. The molecule has 1 aromatic rings. The average molecular weight is 317 g/mol. The van der Waals surface area contributed by atoms with Crippen LogP contribution < -0.4 is 9.47 Å². The molecule has 1 aliphatic heterocycles. The van der Waals surface area contributed by atoms with E-state index in [4.69, 9.17) is 9.47 Å². The van der Waals surface area contributed by atoms with Gasteiger partial charge in [0.2, 0.25) is 0 Å². The standard InChI is InChI=1S/C15H18F3NO3/c1-21-11-7-5-6-10(13(11)22-2)14(20)19-9-4-3-8-12(19)15(16,17)18/h5-7,12H,3-4,8-9H2,1-2H3. The molecule has 2 rings (SSSR count). The highest BCUT2D eigenvalue weighted by Gasteiger charge is 2.46. The molecule has 0 radical (unpaired) electrons. The highest BCUT2D eigenvalue weighted by Crippen LogP contribution is 2.36. The van der Waals surface area contributed by atoms with E-state index in [1.54, 1.807) is 12.1 Å². The number of carbonyl (C=O) groups is 1. The quantitative estimate of drug-likeness (QED) is 0.859. The number of carbonyl (C=O) groups excluding carboxylic acids is 1. The van der Waals surface area contributed by atoms with E-state index in [2.05, 4.69) is 0 Å². The minimum absolute atomic E-state index is 0.0679. The van der Waals surface area contributed by atoms with Gasteiger partial charge in [0.25, 0.3) is 5.91 Å². The Labute approximate surface area is 126 Å². The number of methoxy groups -OCH3 is 2. The van der Waals surface area contributed by atoms with Crippen molar-refractivity contribution in [3.05, 3.63) is 23.8 Å². The average Bonchev–Trinajstić information content (AvgIpc) is 2.52. The molecule has 1 unspecified atom stereocenters. The maximum atomic E-state index is 13.1. The Morgan fingerprint density at radius 2 is 1.95 bits per heavy atom. The number of hydrogen-bond acceptors (Lipinski definition) is 3. The second kappa shape index (κ2) is 6.46. The third kappa shape index (κ3) is 3.13. The Hall–Kier alpha value is -1.92. The van der Waals surface area contributed by atoms with Crippen LogP contribution in [0.2, 0.25) is 0 Å². The summed E-state index contributed by atoms with van der Waals surface area (Å²) in [5.74, 6) is -0.215. The summed E-state index contributed by atoms with van der Waals surface area (Å²) < 4.78 is 49.7. The van der Waals surface area contributed by atoms with E-state index < -0.39 is 18.1 Å². The monoisotopic (exact) mass is 317 g/mol. The number of rotatable bonds is 3. The van der Waals surface area contributed by atoms with E-state index in [1.165, 1.54) is 20.3 Å². The normalized spacial score (nSPS) is 19.0. The Morgan fingerprint density at radius 3 is 2.55 bits per heavy atom. The fraction of sp³-hybridized carbons (Fsp3) is 0.533. The minimum Gasteiger partial charge on any atom is -0.493 e. The highest BCUT2D eigenvalue weighted by atomic mass is 19.4. The lowest BCUT2D eigenvalue weighted by Crippen LogP contribution is -2.51. The number of para-hydroxylation sites is 1. The number of halogens is 3. The van der Waals surface area contributed by atoms with Gasteiger partial charge in [-0.3, -0.25) is 4.79 Å². The van der Waals surface area contributed by atoms with Crippen molar-refractivity contribution in [1.82, 2.24) is 4.90 Å². The summed E-state index contributed by atoms with van der Waals surface area (Å²) in [7, 11) is 2.76. The van der Waals surface area contributed by atoms with Crippen molar-refractivity contribution in [2.24, 2.45) is 0 Å². The molecule has 0 aliphatic carbocycles. The molecule has 1 aliphatic rings. The molecule has 4 nitrogen and oxygen atoms in total. The van der Waals surface area contributed by atoms with Gasteiger partial charge in [0.1, 0.15) is 6.04 Å². The first-order valence-electron chi connectivity index (χ1n) is 6.98. The SMILES string of the molecule is COc1cccc(C(=O)N2CCCCC2C(F)(F)F)c1OC. The Morgan fingerprint density at radius 1 is 1.23 bits per heavy atom. The molecule has 1 aromatic carbocycles. The minimum atomic E-state index is -4.43. The van der Waals surface area contributed by atoms with Crippen LogP contribution in [0, 0.1) is 0 Å². The largest absolute Gasteiger partial charge is 0.493 e. The van der Waals surface area contributed by atoms with Gasteiger partial charge in [0.15, 0.2) is 11.5 Å². The fourth-order valence-corrected chi connectivity index (χ4v) is 2.73. The van der Waals surface area contributed by atoms with Gasteiger partial charge < -0.3 is 14.4 Å². The van der Waals surface area contributed by atoms with Crippen molar-refractivity contribution in [3.63, 3.8) is 0 Å². The smallest absolute Gasteiger partial charge is 0.408 e. The van der Waals surface area contributed by atoms with E-state index in [9.17, 15) is 18.0 Å². The van der Waals surface area contributed by atoms with Gasteiger partial charge in [-0.25, -0.2) is 0 Å². The molecule has 0 aromatic heterocycles. The zero-order valence-electron chi connectivity index (χ0n) is 12.4. The van der Waals surface area contributed by atoms with Crippen LogP contribution in [0.25, 0.3) is 0 Å². The van der Waals surface area contributed by atoms with Crippen molar-refractivity contribution in [2.45, 2.75) is 31.5 Å². The summed E-state index contributed by atoms with van der Waals surface area (Å²) in [5.41, 5.74) is 0.0815. The van der Waals surface area contributed by atoms with E-state index in [1.807, 2.05) is 0 Å². The predicted molar refractivity (Wildman–Crippen MR) is 74.3 cm³/mol. The number of piperidine rings is 1. The van der Waals surface area contributed by atoms with Gasteiger partial charge in [-0.15, -0.1) is 0 Å². The molecule has 0 N–H and O–H groups in total. The van der Waals surface area contributed by atoms with E-state index >= 15 is 0 Å². The molecule has 22 heavy (non-hydrogen) atoms. The van der Waals surface area contributed by atoms with Crippen LogP contribution >= 0.6 is 0 Å². The maximum Gasteiger partial charge on any atom is 0.408 e. The van der Waals surface area contributed by atoms with Crippen molar-refractivity contribution >= 4 is 5.91 Å². The highest BCUT2D eigenvalue weighted by molar-refractivity contribution is 5.98. The zero-order valence-corrected chi connectivity index (χ0v) is 12.4. The number of nitrogens with zero attached hydrogens (tertiary/aromatic N) is 1. The van der Waals surface area contributed by atoms with Crippen molar-refractivity contribution in [2.75, 3.05) is 20.8 Å². The summed E-state index contributed by atoms with van der Waals surface area (Å²) in [6.07, 6.45) is -3.47. The van der Waals surface area contributed by atoms with Crippen molar-refractivity contribution in [1.29, 1.82) is 0 Å². The number of benzene rings is 1. The molecule has 122 valence electrons. The Bertz CT molecular complexity index is 545. The molecule has 1 fully saturated rings. The van der Waals surface area contributed by atoms with Crippen LogP contribution in [0.4, 0.5) is 13.2 Å². The second-order valence-corrected chi connectivity index (χ2v) is 5.09. The number of ether oxygens (including phenoxy) is 2. The second-order valence-electron chi connectivity index (χ2n) is 5.09. The lowest BCUT2D eigenvalue weighted by Gasteiger charge is -2.37. The third-order valence-corrected chi connectivity index (χ3v) is 3.77. The number of likely N-dealkylation sites (tertiary alicyclic amines) is 1. The van der Waals surface area contributed by atoms with Gasteiger partial charge in [0.05, 0.1) is 19.8 Å². The molecule has 1 saturated heterocycles. The summed E-state index contributed by atoms with van der Waals surface area (Å²) in [6, 6.07) is 2.85. The molecule has 1 amide bonds. The lowest BCUT2D eigenvalue weighted by molar-refractivity contribution is -0.183. The molecule has 1 heterocycles. The van der Waals surface area contributed by atoms with Crippen LogP contribution in [0.5, 0.6) is 11.5 Å². The first kappa shape index (κ1) is 16.5. The van der Waals surface area contributed by atoms with Crippen LogP contribution in [-0.4, -0.2) is 43.8 Å². The number of alkyl halides is 3. The Balaban J connectivity index is 2.38. The van der Waals surface area contributed by atoms with Crippen LogP contribution in [0.1, 0.15) is 29.6 Å². The topological polar surface area (TPSA) is 38.8 Å². The van der Waals surface area contributed by atoms with Gasteiger partial charge in [0, 0.05) is 6.54 Å². The number of hydrogen-bond donors (Lipinski definition) is 0. The van der Waals surface area contributed by atoms with Gasteiger partial charge in [-0.2, -0.15) is 13.2 Å². The number of amides is 1. The van der Waals surface area contributed by atoms with Crippen LogP contribution in [0.15, 0.2) is 18.2 Å². The summed E-state index contributed by atoms with van der Waals surface area (Å²) in [6.45, 7) is 0.0867. The first-order valence-corrected chi connectivity index (χ1v) is 6.98. The molecular weight excluding hydrogens is 299 g/mol. The van der Waals surface area contributed by atoms with Gasteiger partial charge >= 0.3 is 6.18 Å². The molecule has 1 atom stereocenters.